The van der Waals surface area contributed by atoms with Crippen LogP contribution in [0.15, 0.2) is 84.9 Å². The highest BCUT2D eigenvalue weighted by molar-refractivity contribution is 5.80. The second-order valence-corrected chi connectivity index (χ2v) is 7.66. The second kappa shape index (κ2) is 6.00. The van der Waals surface area contributed by atoms with Crippen LogP contribution in [0.3, 0.4) is 0 Å². The van der Waals surface area contributed by atoms with E-state index < -0.39 is 0 Å². The Balaban J connectivity index is 1.22. The van der Waals surface area contributed by atoms with Crippen LogP contribution < -0.4 is 10.9 Å². The van der Waals surface area contributed by atoms with Gasteiger partial charge in [0.05, 0.1) is 11.4 Å². The number of hydrogen-bond acceptors (Lipinski definition) is 2. The maximum atomic E-state index is 3.38. The van der Waals surface area contributed by atoms with Gasteiger partial charge in [-0.25, -0.2) is 0 Å². The van der Waals surface area contributed by atoms with Gasteiger partial charge in [-0.05, 0) is 81.6 Å². The summed E-state index contributed by atoms with van der Waals surface area (Å²) in [7, 11) is 0. The molecule has 2 N–H and O–H groups in total. The highest BCUT2D eigenvalue weighted by atomic mass is 15.4. The first-order chi connectivity index (χ1) is 13.8. The van der Waals surface area contributed by atoms with Crippen molar-refractivity contribution >= 4 is 11.4 Å². The third-order valence-corrected chi connectivity index (χ3v) is 5.94. The highest BCUT2D eigenvalue weighted by Gasteiger charge is 2.19. The molecule has 0 bridgehead atoms. The normalized spacial score (nSPS) is 12.7. The number of fused-ring (bicyclic) bond motifs is 6. The fourth-order valence-corrected chi connectivity index (χ4v) is 4.59. The van der Waals surface area contributed by atoms with Crippen LogP contribution in [0.2, 0.25) is 0 Å². The Morgan fingerprint density at radius 1 is 0.429 bits per heavy atom. The van der Waals surface area contributed by atoms with Gasteiger partial charge >= 0.3 is 0 Å². The lowest BCUT2D eigenvalue weighted by Crippen LogP contribution is -2.09. The molecule has 0 heterocycles. The lowest BCUT2D eigenvalue weighted by atomic mass is 10.1. The molecule has 0 amide bonds. The highest BCUT2D eigenvalue weighted by Crippen LogP contribution is 2.39. The minimum atomic E-state index is 1.01. The van der Waals surface area contributed by atoms with Gasteiger partial charge in [-0.3, -0.25) is 0 Å². The molecule has 0 aromatic heterocycles. The molecule has 134 valence electrons. The molecule has 0 saturated carbocycles. The molecule has 2 heteroatoms. The summed E-state index contributed by atoms with van der Waals surface area (Å²) in [5.74, 6) is 0. The first kappa shape index (κ1) is 15.5. The third kappa shape index (κ3) is 2.42. The largest absolute Gasteiger partial charge is 0.301 e. The van der Waals surface area contributed by atoms with E-state index in [1.807, 2.05) is 0 Å². The van der Waals surface area contributed by atoms with E-state index in [4.69, 9.17) is 0 Å². The number of hydrazine groups is 1. The van der Waals surface area contributed by atoms with Crippen LogP contribution in [0.1, 0.15) is 22.3 Å². The standard InChI is InChI=1S/C26H20N2/c1-3-7-23-17(5-1)13-19-15-21(9-11-25(19)23)27-28-22-10-12-26-20(16-22)14-18-6-2-4-8-24(18)26/h1-12,15-16,27-28H,13-14H2. The second-order valence-electron chi connectivity index (χ2n) is 7.66. The quantitative estimate of drug-likeness (QED) is 0.364. The van der Waals surface area contributed by atoms with Crippen molar-refractivity contribution in [2.24, 2.45) is 0 Å². The van der Waals surface area contributed by atoms with Crippen LogP contribution in [0.25, 0.3) is 22.3 Å². The smallest absolute Gasteiger partial charge is 0.0543 e. The fraction of sp³-hybridized carbons (Fsp3) is 0.0769. The zero-order valence-corrected chi connectivity index (χ0v) is 15.5. The number of rotatable bonds is 3. The summed E-state index contributed by atoms with van der Waals surface area (Å²) in [6, 6.07) is 30.6. The van der Waals surface area contributed by atoms with Crippen molar-refractivity contribution in [1.29, 1.82) is 0 Å². The van der Waals surface area contributed by atoms with Crippen molar-refractivity contribution < 1.29 is 0 Å². The number of nitrogens with one attached hydrogen (secondary N) is 2. The Labute approximate surface area is 164 Å². The summed E-state index contributed by atoms with van der Waals surface area (Å²) in [6.07, 6.45) is 2.02. The van der Waals surface area contributed by atoms with E-state index in [-0.39, 0.29) is 0 Å². The van der Waals surface area contributed by atoms with Crippen LogP contribution in [0.5, 0.6) is 0 Å². The predicted molar refractivity (Wildman–Crippen MR) is 117 cm³/mol. The molecule has 4 aromatic carbocycles. The lowest BCUT2D eigenvalue weighted by molar-refractivity contribution is 1.25. The Hall–Kier alpha value is -3.52. The van der Waals surface area contributed by atoms with E-state index >= 15 is 0 Å². The molecule has 4 aromatic rings. The third-order valence-electron chi connectivity index (χ3n) is 5.94. The zero-order valence-electron chi connectivity index (χ0n) is 15.5. The first-order valence-corrected chi connectivity index (χ1v) is 9.79. The monoisotopic (exact) mass is 360 g/mol. The Morgan fingerprint density at radius 3 is 1.36 bits per heavy atom. The molecule has 2 aliphatic carbocycles. The molecule has 6 rings (SSSR count). The number of anilines is 2. The molecule has 2 nitrogen and oxygen atoms in total. The summed E-state index contributed by atoms with van der Waals surface area (Å²) in [5, 5.41) is 0. The van der Waals surface area contributed by atoms with Gasteiger partial charge in [-0.15, -0.1) is 0 Å². The molecular weight excluding hydrogens is 340 g/mol. The summed E-state index contributed by atoms with van der Waals surface area (Å²) in [4.78, 5) is 0. The molecule has 0 aliphatic heterocycles. The minimum absolute atomic E-state index is 1.01. The Bertz CT molecular complexity index is 1130. The van der Waals surface area contributed by atoms with Crippen LogP contribution in [0.4, 0.5) is 11.4 Å². The average molecular weight is 360 g/mol. The van der Waals surface area contributed by atoms with Crippen molar-refractivity contribution in [2.75, 3.05) is 10.9 Å². The zero-order chi connectivity index (χ0) is 18.5. The van der Waals surface area contributed by atoms with Crippen LogP contribution >= 0.6 is 0 Å². The molecule has 28 heavy (non-hydrogen) atoms. The van der Waals surface area contributed by atoms with Gasteiger partial charge in [0.25, 0.3) is 0 Å². The van der Waals surface area contributed by atoms with Gasteiger partial charge in [-0.1, -0.05) is 60.7 Å². The molecule has 2 aliphatic rings. The number of hydrogen-bond donors (Lipinski definition) is 2. The van der Waals surface area contributed by atoms with Gasteiger partial charge in [0.2, 0.25) is 0 Å². The first-order valence-electron chi connectivity index (χ1n) is 9.79. The molecule has 0 radical (unpaired) electrons. The van der Waals surface area contributed by atoms with E-state index in [9.17, 15) is 0 Å². The molecule has 0 atom stereocenters. The lowest BCUT2D eigenvalue weighted by Gasteiger charge is -2.12. The fourth-order valence-electron chi connectivity index (χ4n) is 4.59. The minimum Gasteiger partial charge on any atom is -0.301 e. The summed E-state index contributed by atoms with van der Waals surface area (Å²) in [6.45, 7) is 0. The summed E-state index contributed by atoms with van der Waals surface area (Å²) < 4.78 is 0. The van der Waals surface area contributed by atoms with Crippen LogP contribution in [-0.4, -0.2) is 0 Å². The van der Waals surface area contributed by atoms with Crippen molar-refractivity contribution in [3.05, 3.63) is 107 Å². The molecular formula is C26H20N2. The van der Waals surface area contributed by atoms with Crippen molar-refractivity contribution in [3.8, 4) is 22.3 Å². The van der Waals surface area contributed by atoms with Gasteiger partial charge in [-0.2, -0.15) is 0 Å². The van der Waals surface area contributed by atoms with Gasteiger partial charge < -0.3 is 10.9 Å². The van der Waals surface area contributed by atoms with E-state index in [0.29, 0.717) is 0 Å². The van der Waals surface area contributed by atoms with E-state index in [2.05, 4.69) is 95.8 Å². The van der Waals surface area contributed by atoms with Gasteiger partial charge in [0, 0.05) is 0 Å². The SMILES string of the molecule is c1ccc2c(c1)Cc1cc(NNc3ccc4c(c3)Cc3ccccc3-4)ccc1-2. The van der Waals surface area contributed by atoms with Gasteiger partial charge in [0.1, 0.15) is 0 Å². The Morgan fingerprint density at radius 2 is 0.857 bits per heavy atom. The molecule has 0 unspecified atom stereocenters. The molecule has 0 fully saturated rings. The summed E-state index contributed by atoms with van der Waals surface area (Å²) >= 11 is 0. The summed E-state index contributed by atoms with van der Waals surface area (Å²) in [5.41, 5.74) is 20.0. The average Bonchev–Trinajstić information content (AvgIpc) is 3.29. The predicted octanol–water partition coefficient (Wildman–Crippen LogP) is 6.27. The molecule has 0 spiro atoms. The van der Waals surface area contributed by atoms with Gasteiger partial charge in [0.15, 0.2) is 0 Å². The molecule has 0 saturated heterocycles. The maximum absolute atomic E-state index is 3.38. The van der Waals surface area contributed by atoms with E-state index in [1.54, 1.807) is 0 Å². The number of benzene rings is 4. The van der Waals surface area contributed by atoms with E-state index in [0.717, 1.165) is 24.2 Å². The van der Waals surface area contributed by atoms with Crippen LogP contribution in [0, 0.1) is 0 Å². The van der Waals surface area contributed by atoms with Crippen LogP contribution in [-0.2, 0) is 12.8 Å². The topological polar surface area (TPSA) is 24.1 Å². The van der Waals surface area contributed by atoms with Crippen molar-refractivity contribution in [1.82, 2.24) is 0 Å². The Kier molecular flexibility index (Phi) is 3.33. The maximum Gasteiger partial charge on any atom is 0.0543 e. The van der Waals surface area contributed by atoms with Crippen molar-refractivity contribution in [2.45, 2.75) is 12.8 Å². The van der Waals surface area contributed by atoms with E-state index in [1.165, 1.54) is 44.5 Å². The van der Waals surface area contributed by atoms with Crippen molar-refractivity contribution in [3.63, 3.8) is 0 Å².